The van der Waals surface area contributed by atoms with E-state index in [9.17, 15) is 17.6 Å². The van der Waals surface area contributed by atoms with E-state index in [0.717, 1.165) is 12.1 Å². The summed E-state index contributed by atoms with van der Waals surface area (Å²) < 4.78 is 54.9. The van der Waals surface area contributed by atoms with Crippen molar-refractivity contribution in [2.75, 3.05) is 0 Å². The Hall–Kier alpha value is -1.30. The fraction of sp³-hybridized carbons (Fsp3) is 0.0769. The highest BCUT2D eigenvalue weighted by molar-refractivity contribution is 6.35. The van der Waals surface area contributed by atoms with E-state index in [1.165, 1.54) is 6.07 Å². The molecule has 2 aromatic rings. The van der Waals surface area contributed by atoms with Gasteiger partial charge in [-0.1, -0.05) is 23.2 Å². The zero-order chi connectivity index (χ0) is 15.0. The van der Waals surface area contributed by atoms with Crippen molar-refractivity contribution in [2.45, 2.75) is 6.61 Å². The molecule has 1 N–H and O–H groups in total. The van der Waals surface area contributed by atoms with Crippen molar-refractivity contribution < 1.29 is 22.7 Å². The lowest BCUT2D eigenvalue weighted by atomic mass is 10.0. The van der Waals surface area contributed by atoms with E-state index in [4.69, 9.17) is 28.3 Å². The summed E-state index contributed by atoms with van der Waals surface area (Å²) in [5, 5.41) is 8.85. The lowest BCUT2D eigenvalue weighted by Crippen LogP contribution is -2.06. The second-order valence-corrected chi connectivity index (χ2v) is 4.80. The molecule has 0 amide bonds. The van der Waals surface area contributed by atoms with Gasteiger partial charge in [0.05, 0.1) is 17.7 Å². The standard InChI is InChI=1S/C13H6Cl2F4O/c14-6-1-5(2-7(15)3-6)9-12(18)10(16)8(4-20)11(17)13(9)19/h1-3,20H,4H2. The predicted molar refractivity (Wildman–Crippen MR) is 67.7 cm³/mol. The van der Waals surface area contributed by atoms with Crippen LogP contribution in [-0.4, -0.2) is 5.11 Å². The van der Waals surface area contributed by atoms with Gasteiger partial charge in [-0.3, -0.25) is 0 Å². The summed E-state index contributed by atoms with van der Waals surface area (Å²) in [6.07, 6.45) is 0. The molecule has 0 aliphatic heterocycles. The predicted octanol–water partition coefficient (Wildman–Crippen LogP) is 4.71. The van der Waals surface area contributed by atoms with Gasteiger partial charge in [-0.15, -0.1) is 0 Å². The van der Waals surface area contributed by atoms with E-state index in [-0.39, 0.29) is 15.6 Å². The first-order valence-electron chi connectivity index (χ1n) is 5.29. The number of aliphatic hydroxyl groups excluding tert-OH is 1. The number of hydrogen-bond donors (Lipinski definition) is 1. The Bertz CT molecular complexity index is 639. The smallest absolute Gasteiger partial charge is 0.170 e. The molecule has 2 aromatic carbocycles. The largest absolute Gasteiger partial charge is 0.391 e. The van der Waals surface area contributed by atoms with Crippen LogP contribution in [0, 0.1) is 23.3 Å². The maximum Gasteiger partial charge on any atom is 0.170 e. The molecular weight excluding hydrogens is 319 g/mol. The van der Waals surface area contributed by atoms with Crippen molar-refractivity contribution >= 4 is 23.2 Å². The fourth-order valence-electron chi connectivity index (χ4n) is 1.77. The van der Waals surface area contributed by atoms with Crippen LogP contribution in [0.15, 0.2) is 18.2 Å². The molecule has 7 heteroatoms. The van der Waals surface area contributed by atoms with Crippen LogP contribution in [0.5, 0.6) is 0 Å². The molecule has 106 valence electrons. The maximum absolute atomic E-state index is 13.9. The fourth-order valence-corrected chi connectivity index (χ4v) is 2.29. The van der Waals surface area contributed by atoms with Crippen LogP contribution in [0.25, 0.3) is 11.1 Å². The van der Waals surface area contributed by atoms with Crippen LogP contribution in [0.2, 0.25) is 10.0 Å². The Morgan fingerprint density at radius 2 is 1.25 bits per heavy atom. The minimum Gasteiger partial charge on any atom is -0.391 e. The molecule has 1 nitrogen and oxygen atoms in total. The minimum absolute atomic E-state index is 0.0540. The average Bonchev–Trinajstić information content (AvgIpc) is 2.36. The molecule has 0 fully saturated rings. The van der Waals surface area contributed by atoms with Gasteiger partial charge in [0, 0.05) is 10.0 Å². The Morgan fingerprint density at radius 3 is 1.65 bits per heavy atom. The summed E-state index contributed by atoms with van der Waals surface area (Å²) in [4.78, 5) is 0. The van der Waals surface area contributed by atoms with Gasteiger partial charge in [-0.25, -0.2) is 17.6 Å². The summed E-state index contributed by atoms with van der Waals surface area (Å²) in [7, 11) is 0. The summed E-state index contributed by atoms with van der Waals surface area (Å²) >= 11 is 11.4. The molecule has 0 saturated carbocycles. The molecular formula is C13H6Cl2F4O. The summed E-state index contributed by atoms with van der Waals surface area (Å²) in [5.41, 5.74) is -2.21. The lowest BCUT2D eigenvalue weighted by Gasteiger charge is -2.11. The Balaban J connectivity index is 2.81. The third kappa shape index (κ3) is 2.49. The van der Waals surface area contributed by atoms with Crippen LogP contribution in [0.1, 0.15) is 5.56 Å². The first-order chi connectivity index (χ1) is 9.36. The van der Waals surface area contributed by atoms with Crippen molar-refractivity contribution in [3.8, 4) is 11.1 Å². The van der Waals surface area contributed by atoms with Gasteiger partial charge in [0.2, 0.25) is 0 Å². The van der Waals surface area contributed by atoms with Crippen molar-refractivity contribution in [3.63, 3.8) is 0 Å². The SMILES string of the molecule is OCc1c(F)c(F)c(-c2cc(Cl)cc(Cl)c2)c(F)c1F. The third-order valence-corrected chi connectivity index (χ3v) is 3.10. The number of benzene rings is 2. The van der Waals surface area contributed by atoms with Crippen molar-refractivity contribution in [1.29, 1.82) is 0 Å². The van der Waals surface area contributed by atoms with E-state index in [0.29, 0.717) is 0 Å². The highest BCUT2D eigenvalue weighted by Gasteiger charge is 2.26. The molecule has 0 atom stereocenters. The van der Waals surface area contributed by atoms with Crippen LogP contribution in [-0.2, 0) is 6.61 Å². The van der Waals surface area contributed by atoms with E-state index in [1.807, 2.05) is 0 Å². The zero-order valence-corrected chi connectivity index (χ0v) is 11.2. The van der Waals surface area contributed by atoms with Gasteiger partial charge in [0.1, 0.15) is 0 Å². The third-order valence-electron chi connectivity index (χ3n) is 2.66. The first kappa shape index (κ1) is 15.1. The van der Waals surface area contributed by atoms with Crippen LogP contribution < -0.4 is 0 Å². The second-order valence-electron chi connectivity index (χ2n) is 3.93. The quantitative estimate of drug-likeness (QED) is 0.626. The molecule has 2 rings (SSSR count). The maximum atomic E-state index is 13.9. The number of aliphatic hydroxyl groups is 1. The number of halogens is 6. The molecule has 0 aliphatic carbocycles. The van der Waals surface area contributed by atoms with E-state index >= 15 is 0 Å². The molecule has 0 heterocycles. The normalized spacial score (nSPS) is 10.9. The zero-order valence-electron chi connectivity index (χ0n) is 9.65. The van der Waals surface area contributed by atoms with E-state index < -0.39 is 41.0 Å². The van der Waals surface area contributed by atoms with Crippen LogP contribution in [0.3, 0.4) is 0 Å². The topological polar surface area (TPSA) is 20.2 Å². The van der Waals surface area contributed by atoms with Gasteiger partial charge in [-0.2, -0.15) is 0 Å². The highest BCUT2D eigenvalue weighted by atomic mass is 35.5. The summed E-state index contributed by atoms with van der Waals surface area (Å²) in [6.45, 7) is -1.16. The molecule has 0 saturated heterocycles. The van der Waals surface area contributed by atoms with E-state index in [2.05, 4.69) is 0 Å². The Kier molecular flexibility index (Phi) is 4.22. The summed E-state index contributed by atoms with van der Waals surface area (Å²) in [6, 6.07) is 3.54. The lowest BCUT2D eigenvalue weighted by molar-refractivity contribution is 0.263. The van der Waals surface area contributed by atoms with Crippen LogP contribution in [0.4, 0.5) is 17.6 Å². The van der Waals surface area contributed by atoms with Crippen LogP contribution >= 0.6 is 23.2 Å². The first-order valence-corrected chi connectivity index (χ1v) is 6.04. The second kappa shape index (κ2) is 5.60. The molecule has 0 spiro atoms. The van der Waals surface area contributed by atoms with Crippen molar-refractivity contribution in [3.05, 3.63) is 57.1 Å². The number of hydrogen-bond acceptors (Lipinski definition) is 1. The van der Waals surface area contributed by atoms with Gasteiger partial charge in [0.25, 0.3) is 0 Å². The molecule has 0 aliphatic rings. The van der Waals surface area contributed by atoms with Crippen molar-refractivity contribution in [1.82, 2.24) is 0 Å². The van der Waals surface area contributed by atoms with E-state index in [1.54, 1.807) is 0 Å². The van der Waals surface area contributed by atoms with Gasteiger partial charge in [-0.05, 0) is 23.8 Å². The van der Waals surface area contributed by atoms with Crippen molar-refractivity contribution in [2.24, 2.45) is 0 Å². The molecule has 0 bridgehead atoms. The van der Waals surface area contributed by atoms with Gasteiger partial charge in [0.15, 0.2) is 23.3 Å². The van der Waals surface area contributed by atoms with Gasteiger partial charge < -0.3 is 5.11 Å². The molecule has 20 heavy (non-hydrogen) atoms. The minimum atomic E-state index is -1.66. The average molecular weight is 325 g/mol. The highest BCUT2D eigenvalue weighted by Crippen LogP contribution is 2.34. The molecule has 0 radical (unpaired) electrons. The molecule has 0 aromatic heterocycles. The Labute approximate surface area is 121 Å². The monoisotopic (exact) mass is 324 g/mol. The molecule has 0 unspecified atom stereocenters. The number of rotatable bonds is 2. The summed E-state index contributed by atoms with van der Waals surface area (Å²) in [5.74, 6) is -6.55. The van der Waals surface area contributed by atoms with Gasteiger partial charge >= 0.3 is 0 Å². The Morgan fingerprint density at radius 1 is 0.800 bits per heavy atom.